The van der Waals surface area contributed by atoms with Gasteiger partial charge in [0.2, 0.25) is 0 Å². The highest BCUT2D eigenvalue weighted by atomic mass is 16.4. The van der Waals surface area contributed by atoms with Crippen LogP contribution in [0.5, 0.6) is 0 Å². The fourth-order valence-corrected chi connectivity index (χ4v) is 2.92. The number of ketones is 1. The van der Waals surface area contributed by atoms with Crippen LogP contribution in [-0.2, 0) is 9.59 Å². The SMILES string of the molecule is CC=CC(=O)C1C(C)C(CC(=O)O)C=CC1(C)C. The van der Waals surface area contributed by atoms with Crippen LogP contribution in [0.4, 0.5) is 0 Å². The summed E-state index contributed by atoms with van der Waals surface area (Å²) in [5.41, 5.74) is -0.217. The molecule has 0 heterocycles. The van der Waals surface area contributed by atoms with Crippen LogP contribution < -0.4 is 0 Å². The Balaban J connectivity index is 3.03. The number of hydrogen-bond donors (Lipinski definition) is 1. The predicted octanol–water partition coefficient (Wildman–Crippen LogP) is 3.07. The van der Waals surface area contributed by atoms with Gasteiger partial charge < -0.3 is 5.11 Å². The summed E-state index contributed by atoms with van der Waals surface area (Å²) in [7, 11) is 0. The maximum absolute atomic E-state index is 12.2. The average molecular weight is 250 g/mol. The minimum absolute atomic E-state index is 0.0461. The van der Waals surface area contributed by atoms with Gasteiger partial charge in [0, 0.05) is 5.92 Å². The van der Waals surface area contributed by atoms with Gasteiger partial charge in [-0.25, -0.2) is 0 Å². The van der Waals surface area contributed by atoms with E-state index in [1.807, 2.05) is 39.8 Å². The van der Waals surface area contributed by atoms with E-state index in [0.29, 0.717) is 0 Å². The van der Waals surface area contributed by atoms with Gasteiger partial charge in [-0.15, -0.1) is 0 Å². The summed E-state index contributed by atoms with van der Waals surface area (Å²) in [6, 6.07) is 0. The minimum atomic E-state index is -0.812. The summed E-state index contributed by atoms with van der Waals surface area (Å²) in [5, 5.41) is 8.91. The Kier molecular flexibility index (Phi) is 4.49. The van der Waals surface area contributed by atoms with Crippen molar-refractivity contribution in [2.45, 2.75) is 34.1 Å². The van der Waals surface area contributed by atoms with E-state index in [4.69, 9.17) is 5.11 Å². The molecule has 1 aliphatic carbocycles. The molecule has 3 unspecified atom stereocenters. The second-order valence-electron chi connectivity index (χ2n) is 5.68. The van der Waals surface area contributed by atoms with Crippen molar-refractivity contribution in [3.05, 3.63) is 24.3 Å². The molecule has 3 heteroatoms. The summed E-state index contributed by atoms with van der Waals surface area (Å²) in [5.74, 6) is -0.884. The van der Waals surface area contributed by atoms with Crippen molar-refractivity contribution in [1.29, 1.82) is 0 Å². The zero-order chi connectivity index (χ0) is 13.9. The molecule has 0 fully saturated rings. The molecule has 0 aromatic carbocycles. The van der Waals surface area contributed by atoms with E-state index in [0.717, 1.165) is 0 Å². The number of carbonyl (C=O) groups is 2. The fraction of sp³-hybridized carbons (Fsp3) is 0.600. The number of hydrogen-bond acceptors (Lipinski definition) is 2. The van der Waals surface area contributed by atoms with Crippen molar-refractivity contribution in [3.8, 4) is 0 Å². The largest absolute Gasteiger partial charge is 0.481 e. The average Bonchev–Trinajstić information content (AvgIpc) is 2.22. The predicted molar refractivity (Wildman–Crippen MR) is 71.1 cm³/mol. The van der Waals surface area contributed by atoms with Gasteiger partial charge >= 0.3 is 5.97 Å². The first-order chi connectivity index (χ1) is 8.29. The Hall–Kier alpha value is -1.38. The van der Waals surface area contributed by atoms with Gasteiger partial charge in [-0.05, 0) is 30.3 Å². The lowest BCUT2D eigenvalue weighted by atomic mass is 9.62. The topological polar surface area (TPSA) is 54.4 Å². The van der Waals surface area contributed by atoms with Gasteiger partial charge in [-0.1, -0.05) is 39.0 Å². The molecule has 0 saturated heterocycles. The summed E-state index contributed by atoms with van der Waals surface area (Å²) >= 11 is 0. The Morgan fingerprint density at radius 2 is 2.00 bits per heavy atom. The molecule has 0 aliphatic heterocycles. The number of allylic oxidation sites excluding steroid dienone is 4. The molecule has 1 rings (SSSR count). The van der Waals surface area contributed by atoms with Gasteiger partial charge in [0.15, 0.2) is 5.78 Å². The van der Waals surface area contributed by atoms with E-state index in [2.05, 4.69) is 0 Å². The molecule has 1 N–H and O–H groups in total. The summed E-state index contributed by atoms with van der Waals surface area (Å²) in [4.78, 5) is 23.0. The Morgan fingerprint density at radius 3 is 2.50 bits per heavy atom. The molecule has 3 nitrogen and oxygen atoms in total. The highest BCUT2D eigenvalue weighted by Gasteiger charge is 2.42. The van der Waals surface area contributed by atoms with Crippen molar-refractivity contribution >= 4 is 11.8 Å². The zero-order valence-corrected chi connectivity index (χ0v) is 11.5. The highest BCUT2D eigenvalue weighted by molar-refractivity contribution is 5.92. The van der Waals surface area contributed by atoms with Crippen LogP contribution in [0.2, 0.25) is 0 Å². The number of carbonyl (C=O) groups excluding carboxylic acids is 1. The lowest BCUT2D eigenvalue weighted by Crippen LogP contribution is -2.40. The number of carboxylic acid groups (broad SMARTS) is 1. The van der Waals surface area contributed by atoms with Crippen molar-refractivity contribution in [2.75, 3.05) is 0 Å². The molecular weight excluding hydrogens is 228 g/mol. The van der Waals surface area contributed by atoms with E-state index in [1.54, 1.807) is 12.2 Å². The lowest BCUT2D eigenvalue weighted by molar-refractivity contribution is -0.139. The van der Waals surface area contributed by atoms with Gasteiger partial charge in [-0.2, -0.15) is 0 Å². The van der Waals surface area contributed by atoms with E-state index in [-0.39, 0.29) is 35.4 Å². The molecule has 0 aromatic heterocycles. The molecule has 0 amide bonds. The Morgan fingerprint density at radius 1 is 1.39 bits per heavy atom. The van der Waals surface area contributed by atoms with Crippen molar-refractivity contribution in [2.24, 2.45) is 23.2 Å². The van der Waals surface area contributed by atoms with Crippen LogP contribution in [0.15, 0.2) is 24.3 Å². The second kappa shape index (κ2) is 5.51. The third-order valence-corrected chi connectivity index (χ3v) is 3.82. The summed E-state index contributed by atoms with van der Waals surface area (Å²) in [6.45, 7) is 7.86. The van der Waals surface area contributed by atoms with Crippen LogP contribution in [0, 0.1) is 23.2 Å². The van der Waals surface area contributed by atoms with Crippen molar-refractivity contribution < 1.29 is 14.7 Å². The lowest BCUT2D eigenvalue weighted by Gasteiger charge is -2.41. The van der Waals surface area contributed by atoms with Gasteiger partial charge in [0.05, 0.1) is 6.42 Å². The standard InChI is InChI=1S/C15H22O3/c1-5-6-12(16)14-10(2)11(9-13(17)18)7-8-15(14,3)4/h5-8,10-11,14H,9H2,1-4H3,(H,17,18). The molecule has 3 atom stereocenters. The molecule has 18 heavy (non-hydrogen) atoms. The molecule has 0 saturated carbocycles. The summed E-state index contributed by atoms with van der Waals surface area (Å²) < 4.78 is 0. The van der Waals surface area contributed by atoms with Gasteiger partial charge in [0.1, 0.15) is 0 Å². The van der Waals surface area contributed by atoms with Crippen LogP contribution in [0.3, 0.4) is 0 Å². The molecule has 0 bridgehead atoms. The second-order valence-corrected chi connectivity index (χ2v) is 5.68. The number of rotatable bonds is 4. The van der Waals surface area contributed by atoms with Gasteiger partial charge in [0.25, 0.3) is 0 Å². The first-order valence-corrected chi connectivity index (χ1v) is 6.37. The molecular formula is C15H22O3. The quantitative estimate of drug-likeness (QED) is 0.616. The molecule has 0 radical (unpaired) electrons. The third-order valence-electron chi connectivity index (χ3n) is 3.82. The fourth-order valence-electron chi connectivity index (χ4n) is 2.92. The van der Waals surface area contributed by atoms with Crippen LogP contribution >= 0.6 is 0 Å². The monoisotopic (exact) mass is 250 g/mol. The third kappa shape index (κ3) is 3.09. The van der Waals surface area contributed by atoms with Crippen LogP contribution in [-0.4, -0.2) is 16.9 Å². The minimum Gasteiger partial charge on any atom is -0.481 e. The van der Waals surface area contributed by atoms with Crippen molar-refractivity contribution in [3.63, 3.8) is 0 Å². The Labute approximate surface area is 109 Å². The van der Waals surface area contributed by atoms with Crippen LogP contribution in [0.1, 0.15) is 34.1 Å². The first-order valence-electron chi connectivity index (χ1n) is 6.37. The maximum atomic E-state index is 12.2. The first kappa shape index (κ1) is 14.7. The number of aliphatic carboxylic acids is 1. The summed E-state index contributed by atoms with van der Waals surface area (Å²) in [6.07, 6.45) is 7.38. The highest BCUT2D eigenvalue weighted by Crippen LogP contribution is 2.43. The molecule has 0 spiro atoms. The molecule has 1 aliphatic rings. The van der Waals surface area contributed by atoms with Crippen LogP contribution in [0.25, 0.3) is 0 Å². The molecule has 100 valence electrons. The smallest absolute Gasteiger partial charge is 0.303 e. The van der Waals surface area contributed by atoms with E-state index >= 15 is 0 Å². The van der Waals surface area contributed by atoms with E-state index in [9.17, 15) is 9.59 Å². The number of carboxylic acids is 1. The van der Waals surface area contributed by atoms with Gasteiger partial charge in [-0.3, -0.25) is 9.59 Å². The normalized spacial score (nSPS) is 30.6. The Bertz CT molecular complexity index is 391. The van der Waals surface area contributed by atoms with Crippen molar-refractivity contribution in [1.82, 2.24) is 0 Å². The zero-order valence-electron chi connectivity index (χ0n) is 11.5. The van der Waals surface area contributed by atoms with E-state index < -0.39 is 5.97 Å². The van der Waals surface area contributed by atoms with E-state index in [1.165, 1.54) is 0 Å². The maximum Gasteiger partial charge on any atom is 0.303 e. The molecule has 0 aromatic rings.